The number of piperidine rings is 1. The van der Waals surface area contributed by atoms with E-state index < -0.39 is 0 Å². The molecule has 1 aliphatic heterocycles. The van der Waals surface area contributed by atoms with Crippen molar-refractivity contribution >= 4 is 33.3 Å². The molecule has 1 fully saturated rings. The first-order valence-electron chi connectivity index (χ1n) is 6.51. The van der Waals surface area contributed by atoms with Crippen LogP contribution in [-0.2, 0) is 0 Å². The van der Waals surface area contributed by atoms with E-state index in [0.29, 0.717) is 18.4 Å². The predicted octanol–water partition coefficient (Wildman–Crippen LogP) is 1.79. The Balaban J connectivity index is 2.04. The Morgan fingerprint density at radius 1 is 1.47 bits per heavy atom. The molecular weight excluding hydrogens is 260 g/mol. The van der Waals surface area contributed by atoms with Crippen LogP contribution >= 0.6 is 11.3 Å². The summed E-state index contributed by atoms with van der Waals surface area (Å²) in [7, 11) is 0. The van der Waals surface area contributed by atoms with E-state index in [4.69, 9.17) is 5.73 Å². The molecule has 0 spiro atoms. The summed E-state index contributed by atoms with van der Waals surface area (Å²) >= 11 is 1.63. The summed E-state index contributed by atoms with van der Waals surface area (Å²) in [5.74, 6) is 1.50. The second-order valence-electron chi connectivity index (χ2n) is 5.26. The molecule has 3 N–H and O–H groups in total. The molecule has 2 unspecified atom stereocenters. The van der Waals surface area contributed by atoms with Crippen molar-refractivity contribution in [2.24, 2.45) is 5.92 Å². The summed E-state index contributed by atoms with van der Waals surface area (Å²) in [6.45, 7) is 5.65. The third kappa shape index (κ3) is 2.26. The summed E-state index contributed by atoms with van der Waals surface area (Å²) in [6.07, 6.45) is 0.662. The van der Waals surface area contributed by atoms with Gasteiger partial charge in [-0.25, -0.2) is 4.98 Å². The third-order valence-electron chi connectivity index (χ3n) is 3.73. The van der Waals surface area contributed by atoms with E-state index in [1.165, 1.54) is 4.88 Å². The van der Waals surface area contributed by atoms with E-state index in [0.717, 1.165) is 29.0 Å². The molecule has 3 rings (SSSR count). The molecule has 5 nitrogen and oxygen atoms in total. The van der Waals surface area contributed by atoms with Gasteiger partial charge in [0.25, 0.3) is 0 Å². The van der Waals surface area contributed by atoms with Crippen LogP contribution in [0.5, 0.6) is 0 Å². The number of β-amino-alcohol motifs (C(OH)–C–C–N with tert-alkyl or cyclic N) is 1. The van der Waals surface area contributed by atoms with Crippen LogP contribution in [0.4, 0.5) is 11.8 Å². The maximum Gasteiger partial charge on any atom is 0.223 e. The number of nitrogen functional groups attached to an aromatic ring is 1. The number of aliphatic hydroxyl groups is 1. The van der Waals surface area contributed by atoms with Crippen LogP contribution < -0.4 is 10.6 Å². The van der Waals surface area contributed by atoms with Gasteiger partial charge in [0.15, 0.2) is 0 Å². The van der Waals surface area contributed by atoms with E-state index >= 15 is 0 Å². The largest absolute Gasteiger partial charge is 0.391 e. The zero-order valence-corrected chi connectivity index (χ0v) is 11.9. The van der Waals surface area contributed by atoms with Crippen molar-refractivity contribution < 1.29 is 5.11 Å². The van der Waals surface area contributed by atoms with Gasteiger partial charge in [0, 0.05) is 18.0 Å². The average Bonchev–Trinajstić information content (AvgIpc) is 2.72. The van der Waals surface area contributed by atoms with Gasteiger partial charge in [0.2, 0.25) is 5.95 Å². The monoisotopic (exact) mass is 278 g/mol. The Morgan fingerprint density at radius 3 is 3.00 bits per heavy atom. The zero-order chi connectivity index (χ0) is 13.6. The van der Waals surface area contributed by atoms with E-state index in [2.05, 4.69) is 34.8 Å². The first kappa shape index (κ1) is 12.6. The average molecular weight is 278 g/mol. The topological polar surface area (TPSA) is 75.3 Å². The van der Waals surface area contributed by atoms with Crippen LogP contribution in [0, 0.1) is 12.8 Å². The van der Waals surface area contributed by atoms with Crippen LogP contribution in [0.15, 0.2) is 6.07 Å². The minimum atomic E-state index is -0.306. The second-order valence-corrected chi connectivity index (χ2v) is 6.50. The Morgan fingerprint density at radius 2 is 2.26 bits per heavy atom. The van der Waals surface area contributed by atoms with E-state index in [9.17, 15) is 5.11 Å². The van der Waals surface area contributed by atoms with Gasteiger partial charge < -0.3 is 15.7 Å². The molecule has 3 heterocycles. The quantitative estimate of drug-likeness (QED) is 0.832. The van der Waals surface area contributed by atoms with Crippen molar-refractivity contribution in [3.8, 4) is 0 Å². The molecule has 19 heavy (non-hydrogen) atoms. The summed E-state index contributed by atoms with van der Waals surface area (Å²) < 4.78 is 0. The van der Waals surface area contributed by atoms with Crippen LogP contribution in [-0.4, -0.2) is 34.3 Å². The molecule has 0 radical (unpaired) electrons. The number of anilines is 2. The summed E-state index contributed by atoms with van der Waals surface area (Å²) in [5, 5.41) is 11.1. The zero-order valence-electron chi connectivity index (χ0n) is 11.1. The lowest BCUT2D eigenvalue weighted by atomic mass is 9.96. The number of aromatic nitrogens is 2. The number of rotatable bonds is 1. The molecule has 6 heteroatoms. The van der Waals surface area contributed by atoms with E-state index in [-0.39, 0.29) is 6.10 Å². The van der Waals surface area contributed by atoms with Gasteiger partial charge in [0.05, 0.1) is 11.5 Å². The molecule has 2 aromatic heterocycles. The molecule has 2 atom stereocenters. The Kier molecular flexibility index (Phi) is 3.06. The minimum absolute atomic E-state index is 0.303. The van der Waals surface area contributed by atoms with Crippen molar-refractivity contribution in [3.05, 3.63) is 10.9 Å². The summed E-state index contributed by atoms with van der Waals surface area (Å²) in [4.78, 5) is 12.9. The van der Waals surface area contributed by atoms with Gasteiger partial charge >= 0.3 is 0 Å². The molecule has 0 aromatic carbocycles. The fraction of sp³-hybridized carbons (Fsp3) is 0.538. The van der Waals surface area contributed by atoms with Crippen molar-refractivity contribution in [3.63, 3.8) is 0 Å². The van der Waals surface area contributed by atoms with Gasteiger partial charge in [-0.1, -0.05) is 6.92 Å². The first-order valence-corrected chi connectivity index (χ1v) is 7.33. The Labute approximate surface area is 116 Å². The van der Waals surface area contributed by atoms with Crippen molar-refractivity contribution in [2.75, 3.05) is 23.7 Å². The molecule has 0 amide bonds. The Hall–Kier alpha value is -1.40. The van der Waals surface area contributed by atoms with Gasteiger partial charge in [-0.2, -0.15) is 4.98 Å². The standard InChI is InChI=1S/C13H18N4OS/c1-7-3-4-17(6-10(7)18)11-9-5-8(2)19-12(9)16-13(14)15-11/h5,7,10,18H,3-4,6H2,1-2H3,(H2,14,15,16). The molecule has 102 valence electrons. The fourth-order valence-electron chi connectivity index (χ4n) is 2.53. The van der Waals surface area contributed by atoms with Gasteiger partial charge in [-0.3, -0.25) is 0 Å². The number of nitrogens with two attached hydrogens (primary N) is 1. The molecule has 1 aliphatic rings. The van der Waals surface area contributed by atoms with Crippen molar-refractivity contribution in [1.82, 2.24) is 9.97 Å². The van der Waals surface area contributed by atoms with Crippen LogP contribution in [0.2, 0.25) is 0 Å². The number of nitrogens with zero attached hydrogens (tertiary/aromatic N) is 3. The third-order valence-corrected chi connectivity index (χ3v) is 4.68. The smallest absolute Gasteiger partial charge is 0.223 e. The molecule has 1 saturated heterocycles. The highest BCUT2D eigenvalue weighted by Crippen LogP contribution is 2.33. The van der Waals surface area contributed by atoms with Gasteiger partial charge in [-0.05, 0) is 25.3 Å². The minimum Gasteiger partial charge on any atom is -0.391 e. The van der Waals surface area contributed by atoms with Crippen LogP contribution in [0.1, 0.15) is 18.2 Å². The van der Waals surface area contributed by atoms with Crippen LogP contribution in [0.25, 0.3) is 10.2 Å². The highest BCUT2D eigenvalue weighted by atomic mass is 32.1. The van der Waals surface area contributed by atoms with Crippen molar-refractivity contribution in [1.29, 1.82) is 0 Å². The number of thiophene rings is 1. The fourth-order valence-corrected chi connectivity index (χ4v) is 3.41. The SMILES string of the molecule is Cc1cc2c(N3CCC(C)C(O)C3)nc(N)nc2s1. The number of fused-ring (bicyclic) bond motifs is 1. The van der Waals surface area contributed by atoms with Gasteiger partial charge in [0.1, 0.15) is 10.6 Å². The maximum absolute atomic E-state index is 10.0. The van der Waals surface area contributed by atoms with Gasteiger partial charge in [-0.15, -0.1) is 11.3 Å². The first-order chi connectivity index (χ1) is 9.04. The highest BCUT2D eigenvalue weighted by Gasteiger charge is 2.26. The molecule has 0 aliphatic carbocycles. The highest BCUT2D eigenvalue weighted by molar-refractivity contribution is 7.18. The lowest BCUT2D eigenvalue weighted by Gasteiger charge is -2.35. The maximum atomic E-state index is 10.0. The molecule has 0 bridgehead atoms. The summed E-state index contributed by atoms with van der Waals surface area (Å²) in [5.41, 5.74) is 5.80. The van der Waals surface area contributed by atoms with Crippen LogP contribution in [0.3, 0.4) is 0 Å². The number of hydrogen-bond acceptors (Lipinski definition) is 6. The number of aliphatic hydroxyl groups excluding tert-OH is 1. The van der Waals surface area contributed by atoms with E-state index in [1.54, 1.807) is 11.3 Å². The normalized spacial score (nSPS) is 24.1. The Bertz CT molecular complexity index is 612. The lowest BCUT2D eigenvalue weighted by Crippen LogP contribution is -2.43. The summed E-state index contributed by atoms with van der Waals surface area (Å²) in [6, 6.07) is 2.10. The van der Waals surface area contributed by atoms with E-state index in [1.807, 2.05) is 0 Å². The van der Waals surface area contributed by atoms with Crippen molar-refractivity contribution in [2.45, 2.75) is 26.4 Å². The lowest BCUT2D eigenvalue weighted by molar-refractivity contribution is 0.103. The number of hydrogen-bond donors (Lipinski definition) is 2. The molecular formula is C13H18N4OS. The molecule has 2 aromatic rings. The molecule has 0 saturated carbocycles. The second kappa shape index (κ2) is 4.61. The number of aryl methyl sites for hydroxylation is 1. The predicted molar refractivity (Wildman–Crippen MR) is 78.6 cm³/mol.